The molecule has 1 aromatic carbocycles. The molecule has 0 atom stereocenters. The third-order valence-electron chi connectivity index (χ3n) is 2.52. The minimum atomic E-state index is 0.324. The number of hydrogen-bond donors (Lipinski definition) is 0. The lowest BCUT2D eigenvalue weighted by Gasteiger charge is -2.10. The van der Waals surface area contributed by atoms with Gasteiger partial charge in [-0.25, -0.2) is 9.97 Å². The van der Waals surface area contributed by atoms with E-state index in [1.54, 1.807) is 6.20 Å². The Morgan fingerprint density at radius 3 is 2.56 bits per heavy atom. The molecule has 3 nitrogen and oxygen atoms in total. The molecular formula is C13H12BrClN2O. The topological polar surface area (TPSA) is 35.0 Å². The second-order valence-electron chi connectivity index (χ2n) is 3.96. The lowest BCUT2D eigenvalue weighted by atomic mass is 10.1. The summed E-state index contributed by atoms with van der Waals surface area (Å²) in [4.78, 5) is 8.02. The molecular weight excluding hydrogens is 316 g/mol. The Morgan fingerprint density at radius 1 is 1.28 bits per heavy atom. The molecule has 0 fully saturated rings. The van der Waals surface area contributed by atoms with Crippen LogP contribution in [0.1, 0.15) is 16.7 Å². The second kappa shape index (κ2) is 5.67. The van der Waals surface area contributed by atoms with E-state index in [1.165, 1.54) is 6.33 Å². The van der Waals surface area contributed by atoms with E-state index in [1.807, 2.05) is 26.0 Å². The molecule has 5 heteroatoms. The molecule has 0 aliphatic heterocycles. The quantitative estimate of drug-likeness (QED) is 0.784. The number of hydrogen-bond acceptors (Lipinski definition) is 3. The van der Waals surface area contributed by atoms with Crippen LogP contribution in [0.2, 0.25) is 0 Å². The highest BCUT2D eigenvalue weighted by atomic mass is 79.9. The Labute approximate surface area is 119 Å². The summed E-state index contributed by atoms with van der Waals surface area (Å²) in [7, 11) is 0. The Hall–Kier alpha value is -1.13. The fourth-order valence-corrected chi connectivity index (χ4v) is 2.02. The van der Waals surface area contributed by atoms with E-state index in [9.17, 15) is 0 Å². The molecule has 1 heterocycles. The monoisotopic (exact) mass is 326 g/mol. The van der Waals surface area contributed by atoms with Crippen molar-refractivity contribution in [2.75, 3.05) is 0 Å². The fraction of sp³-hybridized carbons (Fsp3) is 0.231. The fourth-order valence-electron chi connectivity index (χ4n) is 1.61. The summed E-state index contributed by atoms with van der Waals surface area (Å²) in [6, 6.07) is 3.91. The highest BCUT2D eigenvalue weighted by Gasteiger charge is 2.08. The van der Waals surface area contributed by atoms with Gasteiger partial charge in [-0.15, -0.1) is 11.6 Å². The highest BCUT2D eigenvalue weighted by molar-refractivity contribution is 9.10. The largest absolute Gasteiger partial charge is 0.439 e. The van der Waals surface area contributed by atoms with Gasteiger partial charge >= 0.3 is 0 Å². The van der Waals surface area contributed by atoms with Gasteiger partial charge in [-0.05, 0) is 37.1 Å². The number of nitrogens with zero attached hydrogens (tertiary/aromatic N) is 2. The van der Waals surface area contributed by atoms with E-state index in [2.05, 4.69) is 25.9 Å². The first-order chi connectivity index (χ1) is 8.61. The maximum Gasteiger partial charge on any atom is 0.226 e. The molecule has 0 unspecified atom stereocenters. The van der Waals surface area contributed by atoms with Gasteiger partial charge in [-0.2, -0.15) is 0 Å². The van der Waals surface area contributed by atoms with Crippen LogP contribution >= 0.6 is 27.5 Å². The van der Waals surface area contributed by atoms with E-state index < -0.39 is 0 Å². The van der Waals surface area contributed by atoms with E-state index in [0.717, 1.165) is 26.9 Å². The van der Waals surface area contributed by atoms with Crippen molar-refractivity contribution in [1.29, 1.82) is 0 Å². The van der Waals surface area contributed by atoms with E-state index in [4.69, 9.17) is 16.3 Å². The first-order valence-corrected chi connectivity index (χ1v) is 6.74. The molecule has 0 amide bonds. The molecule has 1 aromatic heterocycles. The molecule has 0 aliphatic carbocycles. The maximum atomic E-state index is 5.82. The van der Waals surface area contributed by atoms with Crippen LogP contribution < -0.4 is 4.74 Å². The minimum absolute atomic E-state index is 0.324. The van der Waals surface area contributed by atoms with Gasteiger partial charge in [0.2, 0.25) is 5.88 Å². The Balaban J connectivity index is 2.34. The third-order valence-corrected chi connectivity index (χ3v) is 4.05. The van der Waals surface area contributed by atoms with Crippen molar-refractivity contribution in [2.45, 2.75) is 19.7 Å². The van der Waals surface area contributed by atoms with Gasteiger partial charge in [-0.1, -0.05) is 15.9 Å². The number of alkyl halides is 1. The Kier molecular flexibility index (Phi) is 4.19. The van der Waals surface area contributed by atoms with Crippen LogP contribution in [0.4, 0.5) is 0 Å². The average molecular weight is 328 g/mol. The van der Waals surface area contributed by atoms with Crippen molar-refractivity contribution in [3.63, 3.8) is 0 Å². The van der Waals surface area contributed by atoms with Crippen LogP contribution in [-0.2, 0) is 5.88 Å². The van der Waals surface area contributed by atoms with Crippen LogP contribution in [-0.4, -0.2) is 9.97 Å². The molecule has 2 rings (SSSR count). The van der Waals surface area contributed by atoms with Gasteiger partial charge in [0, 0.05) is 16.2 Å². The zero-order valence-electron chi connectivity index (χ0n) is 10.1. The maximum absolute atomic E-state index is 5.82. The second-order valence-corrected chi connectivity index (χ2v) is 5.02. The van der Waals surface area contributed by atoms with E-state index in [-0.39, 0.29) is 0 Å². The zero-order valence-corrected chi connectivity index (χ0v) is 12.4. The summed E-state index contributed by atoms with van der Waals surface area (Å²) in [6.45, 7) is 4.04. The number of benzene rings is 1. The van der Waals surface area contributed by atoms with Crippen LogP contribution in [0.15, 0.2) is 29.1 Å². The van der Waals surface area contributed by atoms with Crippen LogP contribution in [0.3, 0.4) is 0 Å². The Bertz CT molecular complexity index is 552. The molecule has 0 saturated heterocycles. The van der Waals surface area contributed by atoms with Crippen molar-refractivity contribution >= 4 is 27.5 Å². The predicted octanol–water partition coefficient (Wildman–Crippen LogP) is 4.39. The standard InChI is InChI=1S/C13H12BrClN2O/c1-8-3-11(4-9(2)12(8)14)18-13-10(5-15)6-16-7-17-13/h3-4,6-7H,5H2,1-2H3. The van der Waals surface area contributed by atoms with Gasteiger partial charge in [0.05, 0.1) is 5.88 Å². The van der Waals surface area contributed by atoms with Gasteiger partial charge < -0.3 is 4.74 Å². The Morgan fingerprint density at radius 2 is 1.94 bits per heavy atom. The van der Waals surface area contributed by atoms with Crippen molar-refractivity contribution in [3.05, 3.63) is 45.8 Å². The molecule has 0 aliphatic rings. The number of halogens is 2. The lowest BCUT2D eigenvalue weighted by Crippen LogP contribution is -1.95. The summed E-state index contributed by atoms with van der Waals surface area (Å²) in [6.07, 6.45) is 3.11. The third kappa shape index (κ3) is 2.82. The molecule has 0 N–H and O–H groups in total. The number of aryl methyl sites for hydroxylation is 2. The normalized spacial score (nSPS) is 10.4. The predicted molar refractivity (Wildman–Crippen MR) is 75.3 cm³/mol. The SMILES string of the molecule is Cc1cc(Oc2ncncc2CCl)cc(C)c1Br. The molecule has 18 heavy (non-hydrogen) atoms. The molecule has 0 spiro atoms. The van der Waals surface area contributed by atoms with Crippen molar-refractivity contribution < 1.29 is 4.74 Å². The van der Waals surface area contributed by atoms with Crippen molar-refractivity contribution in [3.8, 4) is 11.6 Å². The summed E-state index contributed by atoms with van der Waals surface area (Å²) in [5, 5.41) is 0. The van der Waals surface area contributed by atoms with Crippen molar-refractivity contribution in [1.82, 2.24) is 9.97 Å². The van der Waals surface area contributed by atoms with E-state index >= 15 is 0 Å². The van der Waals surface area contributed by atoms with Gasteiger partial charge in [-0.3, -0.25) is 0 Å². The zero-order chi connectivity index (χ0) is 13.1. The first kappa shape index (κ1) is 13.3. The summed E-state index contributed by atoms with van der Waals surface area (Å²) < 4.78 is 6.85. The van der Waals surface area contributed by atoms with Gasteiger partial charge in [0.15, 0.2) is 0 Å². The van der Waals surface area contributed by atoms with Crippen LogP contribution in [0, 0.1) is 13.8 Å². The smallest absolute Gasteiger partial charge is 0.226 e. The highest BCUT2D eigenvalue weighted by Crippen LogP contribution is 2.30. The summed E-state index contributed by atoms with van der Waals surface area (Å²) in [5.41, 5.74) is 3.01. The number of rotatable bonds is 3. The summed E-state index contributed by atoms with van der Waals surface area (Å²) >= 11 is 9.34. The molecule has 0 bridgehead atoms. The van der Waals surface area contributed by atoms with Crippen LogP contribution in [0.5, 0.6) is 11.6 Å². The first-order valence-electron chi connectivity index (χ1n) is 5.41. The molecule has 0 saturated carbocycles. The lowest BCUT2D eigenvalue weighted by molar-refractivity contribution is 0.456. The number of ether oxygens (including phenoxy) is 1. The van der Waals surface area contributed by atoms with E-state index in [0.29, 0.717) is 11.8 Å². The summed E-state index contributed by atoms with van der Waals surface area (Å²) in [5.74, 6) is 1.57. The minimum Gasteiger partial charge on any atom is -0.439 e. The van der Waals surface area contributed by atoms with Gasteiger partial charge in [0.25, 0.3) is 0 Å². The van der Waals surface area contributed by atoms with Gasteiger partial charge in [0.1, 0.15) is 12.1 Å². The average Bonchev–Trinajstić information content (AvgIpc) is 2.36. The molecule has 0 radical (unpaired) electrons. The van der Waals surface area contributed by atoms with Crippen LogP contribution in [0.25, 0.3) is 0 Å². The van der Waals surface area contributed by atoms with Crippen molar-refractivity contribution in [2.24, 2.45) is 0 Å². The molecule has 94 valence electrons. The molecule has 2 aromatic rings. The number of aromatic nitrogens is 2.